The molecule has 1 aromatic heterocycles. The van der Waals surface area contributed by atoms with Gasteiger partial charge in [0.1, 0.15) is 5.82 Å². The summed E-state index contributed by atoms with van der Waals surface area (Å²) in [5.74, 6) is 0.273. The van der Waals surface area contributed by atoms with Crippen molar-refractivity contribution in [2.24, 2.45) is 0 Å². The van der Waals surface area contributed by atoms with Gasteiger partial charge < -0.3 is 5.32 Å². The standard InChI is InChI=1S/C14H16FN3/c1-4-16-14-17-10(3)8-13(18-14)11-7-9(2)5-6-12(11)15/h5-8H,4H2,1-3H3,(H,16,17,18). The maximum Gasteiger partial charge on any atom is 0.223 e. The van der Waals surface area contributed by atoms with E-state index in [2.05, 4.69) is 15.3 Å². The predicted octanol–water partition coefficient (Wildman–Crippen LogP) is 3.33. The van der Waals surface area contributed by atoms with Crippen LogP contribution in [0.1, 0.15) is 18.2 Å². The van der Waals surface area contributed by atoms with Crippen molar-refractivity contribution in [3.05, 3.63) is 41.3 Å². The Morgan fingerprint density at radius 2 is 1.94 bits per heavy atom. The van der Waals surface area contributed by atoms with Crippen LogP contribution >= 0.6 is 0 Å². The van der Waals surface area contributed by atoms with Gasteiger partial charge in [0.2, 0.25) is 5.95 Å². The maximum absolute atomic E-state index is 13.8. The second-order valence-electron chi connectivity index (χ2n) is 4.23. The molecule has 0 spiro atoms. The third-order valence-electron chi connectivity index (χ3n) is 2.59. The van der Waals surface area contributed by atoms with Gasteiger partial charge >= 0.3 is 0 Å². The highest BCUT2D eigenvalue weighted by molar-refractivity contribution is 5.62. The number of aromatic nitrogens is 2. The minimum absolute atomic E-state index is 0.263. The molecule has 1 heterocycles. The van der Waals surface area contributed by atoms with Gasteiger partial charge in [-0.15, -0.1) is 0 Å². The third-order valence-corrected chi connectivity index (χ3v) is 2.59. The summed E-state index contributed by atoms with van der Waals surface area (Å²) in [5.41, 5.74) is 2.95. The zero-order valence-corrected chi connectivity index (χ0v) is 10.8. The highest BCUT2D eigenvalue weighted by atomic mass is 19.1. The molecule has 0 saturated carbocycles. The Hall–Kier alpha value is -1.97. The Balaban J connectivity index is 2.52. The Morgan fingerprint density at radius 3 is 2.67 bits per heavy atom. The normalized spacial score (nSPS) is 10.4. The fraction of sp³-hybridized carbons (Fsp3) is 0.286. The molecule has 94 valence electrons. The van der Waals surface area contributed by atoms with E-state index >= 15 is 0 Å². The molecule has 3 nitrogen and oxygen atoms in total. The van der Waals surface area contributed by atoms with E-state index in [4.69, 9.17) is 0 Å². The number of rotatable bonds is 3. The Labute approximate surface area is 106 Å². The summed E-state index contributed by atoms with van der Waals surface area (Å²) >= 11 is 0. The summed E-state index contributed by atoms with van der Waals surface area (Å²) in [7, 11) is 0. The van der Waals surface area contributed by atoms with Gasteiger partial charge in [0.15, 0.2) is 0 Å². The SMILES string of the molecule is CCNc1nc(C)cc(-c2cc(C)ccc2F)n1. The molecule has 0 saturated heterocycles. The smallest absolute Gasteiger partial charge is 0.223 e. The van der Waals surface area contributed by atoms with Gasteiger partial charge in [-0.25, -0.2) is 14.4 Å². The van der Waals surface area contributed by atoms with E-state index in [1.807, 2.05) is 20.8 Å². The van der Waals surface area contributed by atoms with Crippen molar-refractivity contribution in [1.29, 1.82) is 0 Å². The number of hydrogen-bond donors (Lipinski definition) is 1. The number of nitrogens with zero attached hydrogens (tertiary/aromatic N) is 2. The van der Waals surface area contributed by atoms with Gasteiger partial charge in [0.25, 0.3) is 0 Å². The average Bonchev–Trinajstić information content (AvgIpc) is 2.32. The lowest BCUT2D eigenvalue weighted by atomic mass is 10.1. The minimum Gasteiger partial charge on any atom is -0.354 e. The number of halogens is 1. The van der Waals surface area contributed by atoms with Crippen molar-refractivity contribution in [2.75, 3.05) is 11.9 Å². The first-order chi connectivity index (χ1) is 8.60. The van der Waals surface area contributed by atoms with E-state index in [-0.39, 0.29) is 5.82 Å². The first-order valence-corrected chi connectivity index (χ1v) is 5.96. The van der Waals surface area contributed by atoms with Crippen LogP contribution < -0.4 is 5.32 Å². The molecule has 0 amide bonds. The van der Waals surface area contributed by atoms with Crippen molar-refractivity contribution in [3.63, 3.8) is 0 Å². The zero-order chi connectivity index (χ0) is 13.1. The van der Waals surface area contributed by atoms with Gasteiger partial charge in [-0.3, -0.25) is 0 Å². The van der Waals surface area contributed by atoms with Crippen LogP contribution in [0, 0.1) is 19.7 Å². The molecular weight excluding hydrogens is 229 g/mol. The molecule has 4 heteroatoms. The molecule has 0 atom stereocenters. The van der Waals surface area contributed by atoms with Crippen molar-refractivity contribution in [1.82, 2.24) is 9.97 Å². The van der Waals surface area contributed by atoms with Crippen molar-refractivity contribution < 1.29 is 4.39 Å². The first kappa shape index (κ1) is 12.5. The van der Waals surface area contributed by atoms with Crippen LogP contribution in [0.25, 0.3) is 11.3 Å². The summed E-state index contributed by atoms with van der Waals surface area (Å²) in [6.07, 6.45) is 0. The van der Waals surface area contributed by atoms with Gasteiger partial charge in [0, 0.05) is 17.8 Å². The molecule has 1 aromatic carbocycles. The Kier molecular flexibility index (Phi) is 3.55. The van der Waals surface area contributed by atoms with Crippen LogP contribution in [0.15, 0.2) is 24.3 Å². The van der Waals surface area contributed by atoms with Gasteiger partial charge in [0.05, 0.1) is 5.69 Å². The molecule has 2 aromatic rings. The molecule has 0 unspecified atom stereocenters. The second kappa shape index (κ2) is 5.12. The first-order valence-electron chi connectivity index (χ1n) is 5.96. The van der Waals surface area contributed by atoms with E-state index in [1.165, 1.54) is 6.07 Å². The van der Waals surface area contributed by atoms with Crippen molar-refractivity contribution in [2.45, 2.75) is 20.8 Å². The van der Waals surface area contributed by atoms with Crippen LogP contribution in [0.5, 0.6) is 0 Å². The fourth-order valence-corrected chi connectivity index (χ4v) is 1.78. The van der Waals surface area contributed by atoms with Crippen LogP contribution in [-0.4, -0.2) is 16.5 Å². The summed E-state index contributed by atoms with van der Waals surface area (Å²) in [5, 5.41) is 3.05. The average molecular weight is 245 g/mol. The highest BCUT2D eigenvalue weighted by Crippen LogP contribution is 2.23. The fourth-order valence-electron chi connectivity index (χ4n) is 1.78. The molecule has 18 heavy (non-hydrogen) atoms. The lowest BCUT2D eigenvalue weighted by molar-refractivity contribution is 0.630. The van der Waals surface area contributed by atoms with Gasteiger partial charge in [-0.2, -0.15) is 0 Å². The van der Waals surface area contributed by atoms with Crippen molar-refractivity contribution >= 4 is 5.95 Å². The third kappa shape index (κ3) is 2.64. The molecule has 0 aliphatic rings. The number of nitrogens with one attached hydrogen (secondary N) is 1. The number of benzene rings is 1. The molecule has 0 bridgehead atoms. The molecule has 0 fully saturated rings. The van der Waals surface area contributed by atoms with Crippen LogP contribution in [0.2, 0.25) is 0 Å². The second-order valence-corrected chi connectivity index (χ2v) is 4.23. The lowest BCUT2D eigenvalue weighted by Gasteiger charge is -2.08. The van der Waals surface area contributed by atoms with E-state index < -0.39 is 0 Å². The summed E-state index contributed by atoms with van der Waals surface area (Å²) in [4.78, 5) is 8.59. The quantitative estimate of drug-likeness (QED) is 0.901. The van der Waals surface area contributed by atoms with Gasteiger partial charge in [-0.05, 0) is 39.0 Å². The van der Waals surface area contributed by atoms with E-state index in [9.17, 15) is 4.39 Å². The van der Waals surface area contributed by atoms with Crippen LogP contribution in [-0.2, 0) is 0 Å². The monoisotopic (exact) mass is 245 g/mol. The van der Waals surface area contributed by atoms with Crippen LogP contribution in [0.3, 0.4) is 0 Å². The molecule has 2 rings (SSSR count). The lowest BCUT2D eigenvalue weighted by Crippen LogP contribution is -2.04. The summed E-state index contributed by atoms with van der Waals surface area (Å²) in [6.45, 7) is 6.51. The minimum atomic E-state index is -0.263. The highest BCUT2D eigenvalue weighted by Gasteiger charge is 2.09. The largest absolute Gasteiger partial charge is 0.354 e. The number of hydrogen-bond acceptors (Lipinski definition) is 3. The Bertz CT molecular complexity index is 567. The van der Waals surface area contributed by atoms with Gasteiger partial charge in [-0.1, -0.05) is 11.6 Å². The number of aryl methyl sites for hydroxylation is 2. The maximum atomic E-state index is 13.8. The zero-order valence-electron chi connectivity index (χ0n) is 10.8. The summed E-state index contributed by atoms with van der Waals surface area (Å²) in [6, 6.07) is 6.80. The molecular formula is C14H16FN3. The van der Waals surface area contributed by atoms with Crippen molar-refractivity contribution in [3.8, 4) is 11.3 Å². The van der Waals surface area contributed by atoms with E-state index in [0.29, 0.717) is 17.2 Å². The molecule has 1 N–H and O–H groups in total. The van der Waals surface area contributed by atoms with Crippen LogP contribution in [0.4, 0.5) is 10.3 Å². The molecule has 0 aliphatic carbocycles. The summed E-state index contributed by atoms with van der Waals surface area (Å²) < 4.78 is 13.8. The molecule has 0 radical (unpaired) electrons. The molecule has 0 aliphatic heterocycles. The number of anilines is 1. The van der Waals surface area contributed by atoms with E-state index in [0.717, 1.165) is 17.8 Å². The van der Waals surface area contributed by atoms with E-state index in [1.54, 1.807) is 18.2 Å². The Morgan fingerprint density at radius 1 is 1.17 bits per heavy atom. The predicted molar refractivity (Wildman–Crippen MR) is 71.1 cm³/mol. The topological polar surface area (TPSA) is 37.8 Å².